The van der Waals surface area contributed by atoms with Crippen molar-refractivity contribution in [1.82, 2.24) is 0 Å². The SMILES string of the molecule is CCSc1cc2coccc-2c1CC(=O)O. The average molecular weight is 236 g/mol. The Morgan fingerprint density at radius 1 is 1.56 bits per heavy atom. The number of carbonyl (C=O) groups is 1. The van der Waals surface area contributed by atoms with Gasteiger partial charge in [-0.15, -0.1) is 11.8 Å². The van der Waals surface area contributed by atoms with E-state index < -0.39 is 5.97 Å². The molecule has 0 saturated heterocycles. The van der Waals surface area contributed by atoms with Crippen molar-refractivity contribution in [2.24, 2.45) is 0 Å². The summed E-state index contributed by atoms with van der Waals surface area (Å²) >= 11 is 1.66. The molecule has 1 aliphatic heterocycles. The molecule has 0 atom stereocenters. The van der Waals surface area contributed by atoms with E-state index in [4.69, 9.17) is 9.52 Å². The lowest BCUT2D eigenvalue weighted by Crippen LogP contribution is -2.00. The van der Waals surface area contributed by atoms with E-state index in [1.54, 1.807) is 24.3 Å². The Morgan fingerprint density at radius 2 is 2.38 bits per heavy atom. The van der Waals surface area contributed by atoms with E-state index in [1.807, 2.05) is 12.1 Å². The van der Waals surface area contributed by atoms with Crippen LogP contribution in [-0.4, -0.2) is 16.8 Å². The van der Waals surface area contributed by atoms with E-state index in [0.717, 1.165) is 27.3 Å². The van der Waals surface area contributed by atoms with Crippen LogP contribution in [-0.2, 0) is 11.2 Å². The van der Waals surface area contributed by atoms with E-state index in [-0.39, 0.29) is 6.42 Å². The number of hydrogen-bond donors (Lipinski definition) is 1. The van der Waals surface area contributed by atoms with Crippen LogP contribution in [0.15, 0.2) is 34.0 Å². The number of rotatable bonds is 4. The first-order valence-electron chi connectivity index (χ1n) is 5.04. The Bertz CT molecular complexity index is 475. The molecule has 0 unspecified atom stereocenters. The van der Waals surface area contributed by atoms with Crippen LogP contribution in [0.25, 0.3) is 11.1 Å². The standard InChI is InChI=1S/C12H12O3S/c1-2-16-11-5-8-7-15-4-3-9(8)10(11)6-12(13)14/h3-5,7H,2,6H2,1H3,(H,13,14). The molecule has 84 valence electrons. The Morgan fingerprint density at radius 3 is 3.06 bits per heavy atom. The predicted molar refractivity (Wildman–Crippen MR) is 63.1 cm³/mol. The van der Waals surface area contributed by atoms with E-state index in [0.29, 0.717) is 0 Å². The van der Waals surface area contributed by atoms with Crippen LogP contribution in [0, 0.1) is 0 Å². The monoisotopic (exact) mass is 236 g/mol. The number of carboxylic acid groups (broad SMARTS) is 1. The Balaban J connectivity index is 2.49. The Hall–Kier alpha value is -1.42. The van der Waals surface area contributed by atoms with Gasteiger partial charge in [-0.1, -0.05) is 6.92 Å². The molecule has 0 fully saturated rings. The molecule has 1 aliphatic carbocycles. The molecule has 0 spiro atoms. The van der Waals surface area contributed by atoms with Crippen LogP contribution in [0.1, 0.15) is 12.5 Å². The fourth-order valence-electron chi connectivity index (χ4n) is 1.75. The van der Waals surface area contributed by atoms with Crippen molar-refractivity contribution in [2.45, 2.75) is 18.2 Å². The first-order chi connectivity index (χ1) is 7.72. The summed E-state index contributed by atoms with van der Waals surface area (Å²) in [5, 5.41) is 8.90. The minimum absolute atomic E-state index is 0.0653. The fourth-order valence-corrected chi connectivity index (χ4v) is 2.62. The fraction of sp³-hybridized carbons (Fsp3) is 0.250. The number of fused-ring (bicyclic) bond motifs is 1. The van der Waals surface area contributed by atoms with E-state index in [2.05, 4.69) is 6.92 Å². The molecule has 0 bridgehead atoms. The maximum atomic E-state index is 10.8. The third-order valence-electron chi connectivity index (χ3n) is 2.36. The minimum atomic E-state index is -0.800. The second kappa shape index (κ2) is 4.61. The quantitative estimate of drug-likeness (QED) is 0.829. The predicted octanol–water partition coefficient (Wildman–Crippen LogP) is 3.12. The molecule has 1 heterocycles. The molecule has 0 aromatic carbocycles. The molecule has 4 heteroatoms. The first kappa shape index (κ1) is 11.1. The summed E-state index contributed by atoms with van der Waals surface area (Å²) in [5.74, 6) is 0.131. The van der Waals surface area contributed by atoms with Crippen molar-refractivity contribution in [1.29, 1.82) is 0 Å². The van der Waals surface area contributed by atoms with Crippen molar-refractivity contribution in [3.05, 3.63) is 30.2 Å². The lowest BCUT2D eigenvalue weighted by Gasteiger charge is -2.02. The third-order valence-corrected chi connectivity index (χ3v) is 3.32. The number of thioether (sulfide) groups is 1. The second-order valence-electron chi connectivity index (χ2n) is 3.42. The van der Waals surface area contributed by atoms with Crippen LogP contribution >= 0.6 is 11.8 Å². The van der Waals surface area contributed by atoms with Crippen LogP contribution in [0.3, 0.4) is 0 Å². The zero-order chi connectivity index (χ0) is 11.5. The van der Waals surface area contributed by atoms with Gasteiger partial charge in [-0.25, -0.2) is 0 Å². The van der Waals surface area contributed by atoms with Gasteiger partial charge in [0.2, 0.25) is 0 Å². The normalized spacial score (nSPS) is 10.8. The van der Waals surface area contributed by atoms with Crippen molar-refractivity contribution in [3.8, 4) is 11.1 Å². The summed E-state index contributed by atoms with van der Waals surface area (Å²) in [5.41, 5.74) is 2.84. The van der Waals surface area contributed by atoms with E-state index >= 15 is 0 Å². The van der Waals surface area contributed by atoms with Gasteiger partial charge in [0.05, 0.1) is 18.9 Å². The van der Waals surface area contributed by atoms with Crippen molar-refractivity contribution < 1.29 is 14.3 Å². The summed E-state index contributed by atoms with van der Waals surface area (Å²) in [7, 11) is 0. The topological polar surface area (TPSA) is 50.4 Å². The third kappa shape index (κ3) is 2.07. The van der Waals surface area contributed by atoms with Crippen LogP contribution < -0.4 is 0 Å². The highest BCUT2D eigenvalue weighted by molar-refractivity contribution is 7.99. The highest BCUT2D eigenvalue weighted by atomic mass is 32.2. The van der Waals surface area contributed by atoms with Gasteiger partial charge in [0.25, 0.3) is 0 Å². The zero-order valence-corrected chi connectivity index (χ0v) is 9.71. The summed E-state index contributed by atoms with van der Waals surface area (Å²) < 4.78 is 5.09. The largest absolute Gasteiger partial charge is 0.481 e. The molecule has 2 aliphatic rings. The van der Waals surface area contributed by atoms with Gasteiger partial charge in [-0.3, -0.25) is 4.79 Å². The van der Waals surface area contributed by atoms with Gasteiger partial charge in [0, 0.05) is 10.5 Å². The Kier molecular flexibility index (Phi) is 3.19. The van der Waals surface area contributed by atoms with Crippen molar-refractivity contribution >= 4 is 17.7 Å². The molecule has 0 radical (unpaired) electrons. The van der Waals surface area contributed by atoms with Crippen LogP contribution in [0.5, 0.6) is 0 Å². The second-order valence-corrected chi connectivity index (χ2v) is 4.72. The molecular formula is C12H12O3S. The van der Waals surface area contributed by atoms with Gasteiger partial charge in [0.1, 0.15) is 0 Å². The highest BCUT2D eigenvalue weighted by Crippen LogP contribution is 2.37. The van der Waals surface area contributed by atoms with Gasteiger partial charge < -0.3 is 9.52 Å². The molecule has 0 aromatic heterocycles. The zero-order valence-electron chi connectivity index (χ0n) is 8.90. The lowest BCUT2D eigenvalue weighted by molar-refractivity contribution is -0.136. The average Bonchev–Trinajstić information content (AvgIpc) is 2.57. The number of hydrogen-bond acceptors (Lipinski definition) is 3. The maximum Gasteiger partial charge on any atom is 0.307 e. The van der Waals surface area contributed by atoms with Gasteiger partial charge in [0.15, 0.2) is 0 Å². The number of carboxylic acids is 1. The first-order valence-corrected chi connectivity index (χ1v) is 6.03. The van der Waals surface area contributed by atoms with E-state index in [1.165, 1.54) is 0 Å². The lowest BCUT2D eigenvalue weighted by atomic mass is 10.1. The van der Waals surface area contributed by atoms with Gasteiger partial charge in [-0.05, 0) is 29.0 Å². The summed E-state index contributed by atoms with van der Waals surface area (Å²) in [6.07, 6.45) is 3.30. The van der Waals surface area contributed by atoms with Crippen molar-refractivity contribution in [3.63, 3.8) is 0 Å². The smallest absolute Gasteiger partial charge is 0.307 e. The molecule has 3 nitrogen and oxygen atoms in total. The molecular weight excluding hydrogens is 224 g/mol. The maximum absolute atomic E-state index is 10.8. The molecule has 0 amide bonds. The van der Waals surface area contributed by atoms with Gasteiger partial charge in [-0.2, -0.15) is 0 Å². The summed E-state index contributed by atoms with van der Waals surface area (Å²) in [6.45, 7) is 2.05. The van der Waals surface area contributed by atoms with Crippen molar-refractivity contribution in [2.75, 3.05) is 5.75 Å². The van der Waals surface area contributed by atoms with E-state index in [9.17, 15) is 4.79 Å². The van der Waals surface area contributed by atoms with Crippen LogP contribution in [0.2, 0.25) is 0 Å². The van der Waals surface area contributed by atoms with Crippen LogP contribution in [0.4, 0.5) is 0 Å². The molecule has 0 aromatic rings. The number of aliphatic carboxylic acids is 1. The van der Waals surface area contributed by atoms with Gasteiger partial charge >= 0.3 is 5.97 Å². The molecule has 2 rings (SSSR count). The summed E-state index contributed by atoms with van der Waals surface area (Å²) in [6, 6.07) is 3.82. The molecule has 1 N–H and O–H groups in total. The molecule has 16 heavy (non-hydrogen) atoms. The molecule has 0 saturated carbocycles. The Labute approximate surface area is 97.8 Å². The minimum Gasteiger partial charge on any atom is -0.481 e. The highest BCUT2D eigenvalue weighted by Gasteiger charge is 2.18. The summed E-state index contributed by atoms with van der Waals surface area (Å²) in [4.78, 5) is 11.9.